The molecule has 1 saturated heterocycles. The summed E-state index contributed by atoms with van der Waals surface area (Å²) in [6.45, 7) is 2.79. The number of nitrogens with one attached hydrogen (secondary N) is 1. The Morgan fingerprint density at radius 1 is 1.22 bits per heavy atom. The van der Waals surface area contributed by atoms with Crippen molar-refractivity contribution >= 4 is 33.2 Å². The highest BCUT2D eigenvalue weighted by Crippen LogP contribution is 2.30. The number of amides is 1. The maximum atomic E-state index is 12.7. The first-order chi connectivity index (χ1) is 11.2. The van der Waals surface area contributed by atoms with Gasteiger partial charge < -0.3 is 10.2 Å². The number of hydrogen-bond donors (Lipinski definition) is 1. The fraction of sp³-hybridized carbons (Fsp3) is 0.389. The van der Waals surface area contributed by atoms with Crippen LogP contribution in [0.5, 0.6) is 0 Å². The van der Waals surface area contributed by atoms with Crippen LogP contribution in [0.15, 0.2) is 40.9 Å². The quantitative estimate of drug-likeness (QED) is 0.843. The van der Waals surface area contributed by atoms with Crippen molar-refractivity contribution in [1.82, 2.24) is 10.2 Å². The first-order valence-electron chi connectivity index (χ1n) is 7.97. The molecule has 0 unspecified atom stereocenters. The highest BCUT2D eigenvalue weighted by Gasteiger charge is 2.24. The summed E-state index contributed by atoms with van der Waals surface area (Å²) in [5, 5.41) is 3.23. The number of thiophene rings is 1. The van der Waals surface area contributed by atoms with E-state index in [1.165, 1.54) is 0 Å². The molecule has 1 aromatic heterocycles. The lowest BCUT2D eigenvalue weighted by Crippen LogP contribution is -2.40. The van der Waals surface area contributed by atoms with Crippen LogP contribution in [0.1, 0.15) is 22.5 Å². The van der Waals surface area contributed by atoms with Crippen molar-refractivity contribution < 1.29 is 4.79 Å². The molecular formula is C18H21BrN2OS. The van der Waals surface area contributed by atoms with Gasteiger partial charge in [0.2, 0.25) is 0 Å². The summed E-state index contributed by atoms with van der Waals surface area (Å²) in [5.41, 5.74) is 1.16. The smallest absolute Gasteiger partial charge is 0.263 e. The van der Waals surface area contributed by atoms with E-state index >= 15 is 0 Å². The van der Waals surface area contributed by atoms with Gasteiger partial charge in [-0.3, -0.25) is 4.79 Å². The molecule has 1 aliphatic heterocycles. The van der Waals surface area contributed by atoms with Crippen LogP contribution in [-0.4, -0.2) is 37.5 Å². The number of likely N-dealkylation sites (tertiary alicyclic amines) is 1. The minimum atomic E-state index is 0.182. The molecule has 3 rings (SSSR count). The van der Waals surface area contributed by atoms with Gasteiger partial charge in [0.25, 0.3) is 5.91 Å². The number of carbonyl (C=O) groups is 1. The molecule has 1 fully saturated rings. The van der Waals surface area contributed by atoms with Gasteiger partial charge in [-0.2, -0.15) is 0 Å². The summed E-state index contributed by atoms with van der Waals surface area (Å²) in [6.07, 6.45) is 2.19. The Morgan fingerprint density at radius 2 is 1.91 bits per heavy atom. The molecule has 0 spiro atoms. The number of nitrogens with zero attached hydrogens (tertiary/aromatic N) is 1. The zero-order valence-electron chi connectivity index (χ0n) is 13.2. The summed E-state index contributed by atoms with van der Waals surface area (Å²) in [5.74, 6) is 0.881. The Hall–Kier alpha value is -1.17. The average molecular weight is 393 g/mol. The van der Waals surface area contributed by atoms with Crippen LogP contribution in [0.3, 0.4) is 0 Å². The van der Waals surface area contributed by atoms with Crippen molar-refractivity contribution in [2.24, 2.45) is 5.92 Å². The van der Waals surface area contributed by atoms with E-state index < -0.39 is 0 Å². The third-order valence-electron chi connectivity index (χ3n) is 4.34. The number of piperidine rings is 1. The minimum absolute atomic E-state index is 0.182. The highest BCUT2D eigenvalue weighted by molar-refractivity contribution is 9.10. The van der Waals surface area contributed by atoms with Gasteiger partial charge in [-0.1, -0.05) is 28.1 Å². The van der Waals surface area contributed by atoms with Crippen molar-refractivity contribution in [2.75, 3.05) is 26.7 Å². The van der Waals surface area contributed by atoms with E-state index in [1.807, 2.05) is 30.1 Å². The molecule has 23 heavy (non-hydrogen) atoms. The van der Waals surface area contributed by atoms with E-state index in [0.29, 0.717) is 5.92 Å². The number of rotatable bonds is 4. The van der Waals surface area contributed by atoms with Gasteiger partial charge in [-0.15, -0.1) is 11.3 Å². The van der Waals surface area contributed by atoms with Crippen molar-refractivity contribution in [2.45, 2.75) is 12.8 Å². The van der Waals surface area contributed by atoms with E-state index in [1.54, 1.807) is 11.3 Å². The van der Waals surface area contributed by atoms with Crippen molar-refractivity contribution in [3.63, 3.8) is 0 Å². The first-order valence-corrected chi connectivity index (χ1v) is 9.58. The Bertz CT molecular complexity index is 660. The standard InChI is InChI=1S/C18H21BrN2OS/c1-20-12-13-8-10-21(11-9-13)18(22)17-7-6-16(23-17)14-2-4-15(19)5-3-14/h2-7,13,20H,8-12H2,1H3. The molecule has 2 heterocycles. The summed E-state index contributed by atoms with van der Waals surface area (Å²) in [7, 11) is 1.99. The lowest BCUT2D eigenvalue weighted by molar-refractivity contribution is 0.0696. The second-order valence-electron chi connectivity index (χ2n) is 5.96. The maximum absolute atomic E-state index is 12.7. The molecule has 122 valence electrons. The van der Waals surface area contributed by atoms with Crippen molar-refractivity contribution in [1.29, 1.82) is 0 Å². The van der Waals surface area contributed by atoms with Gasteiger partial charge in [0.15, 0.2) is 0 Å². The van der Waals surface area contributed by atoms with Gasteiger partial charge in [0.05, 0.1) is 4.88 Å². The van der Waals surface area contributed by atoms with Gasteiger partial charge in [-0.25, -0.2) is 0 Å². The Balaban J connectivity index is 1.66. The summed E-state index contributed by atoms with van der Waals surface area (Å²) in [4.78, 5) is 16.7. The normalized spacial score (nSPS) is 15.8. The lowest BCUT2D eigenvalue weighted by atomic mass is 9.97. The van der Waals surface area contributed by atoms with E-state index in [4.69, 9.17) is 0 Å². The van der Waals surface area contributed by atoms with Crippen LogP contribution < -0.4 is 5.32 Å². The number of halogens is 1. The fourth-order valence-electron chi connectivity index (χ4n) is 3.01. The molecule has 1 aromatic carbocycles. The van der Waals surface area contributed by atoms with Crippen LogP contribution >= 0.6 is 27.3 Å². The molecule has 3 nitrogen and oxygen atoms in total. The monoisotopic (exact) mass is 392 g/mol. The van der Waals surface area contributed by atoms with Crippen LogP contribution in [-0.2, 0) is 0 Å². The molecule has 1 amide bonds. The van der Waals surface area contributed by atoms with Crippen LogP contribution in [0.4, 0.5) is 0 Å². The second-order valence-corrected chi connectivity index (χ2v) is 7.96. The Morgan fingerprint density at radius 3 is 2.57 bits per heavy atom. The van der Waals surface area contributed by atoms with Crippen LogP contribution in [0, 0.1) is 5.92 Å². The highest BCUT2D eigenvalue weighted by atomic mass is 79.9. The predicted octanol–water partition coefficient (Wildman–Crippen LogP) is 4.25. The SMILES string of the molecule is CNCC1CCN(C(=O)c2ccc(-c3ccc(Br)cc3)s2)CC1. The zero-order valence-corrected chi connectivity index (χ0v) is 15.6. The van der Waals surface area contributed by atoms with E-state index in [-0.39, 0.29) is 5.91 Å². The average Bonchev–Trinajstić information content (AvgIpc) is 3.06. The summed E-state index contributed by atoms with van der Waals surface area (Å²) >= 11 is 5.04. The molecule has 5 heteroatoms. The van der Waals surface area contributed by atoms with E-state index in [9.17, 15) is 4.79 Å². The Kier molecular flexibility index (Phi) is 5.51. The molecule has 1 aliphatic rings. The third kappa shape index (κ3) is 4.03. The molecular weight excluding hydrogens is 372 g/mol. The van der Waals surface area contributed by atoms with E-state index in [0.717, 1.165) is 52.3 Å². The molecule has 0 radical (unpaired) electrons. The number of benzene rings is 1. The molecule has 1 N–H and O–H groups in total. The van der Waals surface area contributed by atoms with E-state index in [2.05, 4.69) is 39.4 Å². The molecule has 0 saturated carbocycles. The summed E-state index contributed by atoms with van der Waals surface area (Å²) in [6, 6.07) is 12.2. The second kappa shape index (κ2) is 7.60. The van der Waals surface area contributed by atoms with Crippen LogP contribution in [0.25, 0.3) is 10.4 Å². The third-order valence-corrected chi connectivity index (χ3v) is 5.99. The molecule has 0 bridgehead atoms. The van der Waals surface area contributed by atoms with Gasteiger partial charge in [0.1, 0.15) is 0 Å². The zero-order chi connectivity index (χ0) is 16.2. The van der Waals surface area contributed by atoms with Gasteiger partial charge >= 0.3 is 0 Å². The topological polar surface area (TPSA) is 32.3 Å². The van der Waals surface area contributed by atoms with Gasteiger partial charge in [-0.05, 0) is 62.2 Å². The molecule has 0 aliphatic carbocycles. The predicted molar refractivity (Wildman–Crippen MR) is 100 cm³/mol. The van der Waals surface area contributed by atoms with Crippen molar-refractivity contribution in [3.8, 4) is 10.4 Å². The largest absolute Gasteiger partial charge is 0.338 e. The minimum Gasteiger partial charge on any atom is -0.338 e. The molecule has 0 atom stereocenters. The maximum Gasteiger partial charge on any atom is 0.263 e. The number of hydrogen-bond acceptors (Lipinski definition) is 3. The first kappa shape index (κ1) is 16.7. The lowest BCUT2D eigenvalue weighted by Gasteiger charge is -2.31. The van der Waals surface area contributed by atoms with Crippen LogP contribution in [0.2, 0.25) is 0 Å². The summed E-state index contributed by atoms with van der Waals surface area (Å²) < 4.78 is 1.07. The Labute approximate surface area is 149 Å². The van der Waals surface area contributed by atoms with Gasteiger partial charge in [0, 0.05) is 22.4 Å². The fourth-order valence-corrected chi connectivity index (χ4v) is 4.25. The molecule has 2 aromatic rings. The number of carbonyl (C=O) groups excluding carboxylic acids is 1. The van der Waals surface area contributed by atoms with Crippen molar-refractivity contribution in [3.05, 3.63) is 45.7 Å².